The number of nitrogens with one attached hydrogen (secondary N) is 3. The first-order valence-electron chi connectivity index (χ1n) is 9.13. The Morgan fingerprint density at radius 1 is 1.14 bits per heavy atom. The summed E-state index contributed by atoms with van der Waals surface area (Å²) in [6, 6.07) is 8.31. The lowest BCUT2D eigenvalue weighted by molar-refractivity contribution is -0.123. The minimum atomic E-state index is -3.82. The maximum atomic E-state index is 13.0. The Morgan fingerprint density at radius 3 is 2.48 bits per heavy atom. The highest BCUT2D eigenvalue weighted by Crippen LogP contribution is 2.36. The van der Waals surface area contributed by atoms with Gasteiger partial charge in [-0.2, -0.15) is 0 Å². The average molecular weight is 418 g/mol. The van der Waals surface area contributed by atoms with Crippen LogP contribution >= 0.6 is 0 Å². The number of aromatic nitrogens is 1. The smallest absolute Gasteiger partial charge is 0.322 e. The number of hydrogen-bond acceptors (Lipinski definition) is 5. The van der Waals surface area contributed by atoms with Gasteiger partial charge in [-0.05, 0) is 55.0 Å². The number of imide groups is 1. The van der Waals surface area contributed by atoms with Gasteiger partial charge in [-0.1, -0.05) is 12.1 Å². The van der Waals surface area contributed by atoms with Gasteiger partial charge in [0.2, 0.25) is 0 Å². The van der Waals surface area contributed by atoms with Gasteiger partial charge in [0.15, 0.2) is 5.03 Å². The summed E-state index contributed by atoms with van der Waals surface area (Å²) in [7, 11) is -3.82. The zero-order chi connectivity index (χ0) is 20.6. The highest BCUT2D eigenvalue weighted by Gasteiger charge is 2.50. The average Bonchev–Trinajstić information content (AvgIpc) is 3.23. The first-order chi connectivity index (χ1) is 13.8. The van der Waals surface area contributed by atoms with E-state index in [-0.39, 0.29) is 29.2 Å². The van der Waals surface area contributed by atoms with Crippen LogP contribution in [0.25, 0.3) is 11.1 Å². The van der Waals surface area contributed by atoms with E-state index in [1.165, 1.54) is 24.4 Å². The lowest BCUT2D eigenvalue weighted by Gasteiger charge is -2.19. The molecule has 1 saturated carbocycles. The monoisotopic (exact) mass is 418 g/mol. The number of carbonyl (C=O) groups is 2. The molecule has 2 aromatic rings. The fourth-order valence-corrected chi connectivity index (χ4v) is 4.87. The molecule has 4 rings (SSSR count). The van der Waals surface area contributed by atoms with E-state index in [1.54, 1.807) is 18.2 Å². The molecule has 29 heavy (non-hydrogen) atoms. The Hall–Kier alpha value is -2.85. The number of hydrogen-bond donors (Lipinski definition) is 3. The number of benzene rings is 1. The Balaban J connectivity index is 1.40. The van der Waals surface area contributed by atoms with Crippen molar-refractivity contribution in [1.29, 1.82) is 0 Å². The molecule has 2 aliphatic rings. The van der Waals surface area contributed by atoms with Crippen molar-refractivity contribution in [2.24, 2.45) is 5.92 Å². The minimum absolute atomic E-state index is 0.0765. The molecule has 1 aliphatic heterocycles. The van der Waals surface area contributed by atoms with E-state index in [4.69, 9.17) is 0 Å². The molecule has 0 radical (unpaired) electrons. The molecule has 2 atom stereocenters. The summed E-state index contributed by atoms with van der Waals surface area (Å²) < 4.78 is 40.6. The van der Waals surface area contributed by atoms with Gasteiger partial charge in [0.25, 0.3) is 15.9 Å². The van der Waals surface area contributed by atoms with Crippen molar-refractivity contribution < 1.29 is 22.4 Å². The van der Waals surface area contributed by atoms with Crippen molar-refractivity contribution in [2.45, 2.75) is 29.8 Å². The molecule has 152 valence electrons. The van der Waals surface area contributed by atoms with Crippen LogP contribution in [0.1, 0.15) is 19.3 Å². The van der Waals surface area contributed by atoms with Crippen LogP contribution in [-0.2, 0) is 14.8 Å². The van der Waals surface area contributed by atoms with Crippen LogP contribution in [0.4, 0.5) is 9.18 Å². The third-order valence-corrected chi connectivity index (χ3v) is 6.72. The first kappa shape index (κ1) is 19.5. The molecular weight excluding hydrogens is 399 g/mol. The molecule has 3 amide bonds. The second kappa shape index (κ2) is 7.20. The third kappa shape index (κ3) is 3.85. The summed E-state index contributed by atoms with van der Waals surface area (Å²) in [6.45, 7) is 0.147. The van der Waals surface area contributed by atoms with E-state index >= 15 is 0 Å². The number of nitrogens with zero attached hydrogens (tertiary/aromatic N) is 1. The molecule has 1 saturated heterocycles. The second-order valence-electron chi connectivity index (χ2n) is 7.34. The molecule has 2 heterocycles. The Morgan fingerprint density at radius 2 is 1.86 bits per heavy atom. The highest BCUT2D eigenvalue weighted by molar-refractivity contribution is 7.89. The molecule has 3 N–H and O–H groups in total. The normalized spacial score (nSPS) is 24.0. The number of carbonyl (C=O) groups excluding carboxylic acids is 2. The van der Waals surface area contributed by atoms with Crippen molar-refractivity contribution in [3.05, 3.63) is 48.4 Å². The zero-order valence-electron chi connectivity index (χ0n) is 15.3. The van der Waals surface area contributed by atoms with E-state index in [0.29, 0.717) is 24.8 Å². The molecule has 0 bridgehead atoms. The van der Waals surface area contributed by atoms with Crippen LogP contribution in [0.3, 0.4) is 0 Å². The fraction of sp³-hybridized carbons (Fsp3) is 0.316. The van der Waals surface area contributed by atoms with E-state index < -0.39 is 21.6 Å². The predicted molar refractivity (Wildman–Crippen MR) is 102 cm³/mol. The number of sulfonamides is 1. The summed E-state index contributed by atoms with van der Waals surface area (Å²) >= 11 is 0. The van der Waals surface area contributed by atoms with Gasteiger partial charge in [-0.15, -0.1) is 0 Å². The Bertz CT molecular complexity index is 1060. The molecule has 1 aromatic carbocycles. The maximum Gasteiger partial charge on any atom is 0.322 e. The van der Waals surface area contributed by atoms with E-state index in [1.807, 2.05) is 0 Å². The Labute approximate surface area is 167 Å². The molecule has 1 aliphatic carbocycles. The zero-order valence-corrected chi connectivity index (χ0v) is 16.1. The number of pyridine rings is 1. The van der Waals surface area contributed by atoms with E-state index in [2.05, 4.69) is 20.3 Å². The third-order valence-electron chi connectivity index (χ3n) is 5.38. The highest BCUT2D eigenvalue weighted by atomic mass is 32.2. The molecule has 2 unspecified atom stereocenters. The summed E-state index contributed by atoms with van der Waals surface area (Å²) in [5, 5.41) is 4.76. The lowest BCUT2D eigenvalue weighted by Crippen LogP contribution is -2.44. The number of rotatable bonds is 5. The van der Waals surface area contributed by atoms with Crippen LogP contribution in [0, 0.1) is 11.7 Å². The molecule has 2 fully saturated rings. The Kier molecular flexibility index (Phi) is 4.83. The number of urea groups is 1. The maximum absolute atomic E-state index is 13.0. The van der Waals surface area contributed by atoms with Gasteiger partial charge in [0, 0.05) is 18.3 Å². The van der Waals surface area contributed by atoms with E-state index in [0.717, 1.165) is 5.56 Å². The van der Waals surface area contributed by atoms with Crippen LogP contribution in [0.15, 0.2) is 47.6 Å². The fourth-order valence-electron chi connectivity index (χ4n) is 3.82. The van der Waals surface area contributed by atoms with Crippen LogP contribution < -0.4 is 15.4 Å². The predicted octanol–water partition coefficient (Wildman–Crippen LogP) is 1.54. The second-order valence-corrected chi connectivity index (χ2v) is 9.06. The summed E-state index contributed by atoms with van der Waals surface area (Å²) in [5.74, 6) is -0.785. The summed E-state index contributed by atoms with van der Waals surface area (Å²) in [4.78, 5) is 27.4. The minimum Gasteiger partial charge on any atom is -0.323 e. The topological polar surface area (TPSA) is 117 Å². The molecular formula is C19H19FN4O4S. The van der Waals surface area contributed by atoms with Crippen molar-refractivity contribution in [3.63, 3.8) is 0 Å². The quantitative estimate of drug-likeness (QED) is 0.637. The van der Waals surface area contributed by atoms with Crippen molar-refractivity contribution >= 4 is 22.0 Å². The lowest BCUT2D eigenvalue weighted by atomic mass is 9.96. The van der Waals surface area contributed by atoms with Gasteiger partial charge < -0.3 is 5.32 Å². The van der Waals surface area contributed by atoms with Gasteiger partial charge in [-0.3, -0.25) is 10.1 Å². The standard InChI is InChI=1S/C19H19FN4O4S/c20-15-4-1-13(2-5-15)14-3-6-16(21-11-14)29(27,28)22-10-12-7-8-19(9-12)17(25)23-18(26)24-19/h1-6,11-12,22H,7-10H2,(H2,23,24,25,26). The molecule has 10 heteroatoms. The van der Waals surface area contributed by atoms with Crippen molar-refractivity contribution in [3.8, 4) is 11.1 Å². The number of amides is 3. The van der Waals surface area contributed by atoms with Gasteiger partial charge in [0.1, 0.15) is 11.4 Å². The van der Waals surface area contributed by atoms with Crippen LogP contribution in [0.2, 0.25) is 0 Å². The largest absolute Gasteiger partial charge is 0.323 e. The van der Waals surface area contributed by atoms with E-state index in [9.17, 15) is 22.4 Å². The van der Waals surface area contributed by atoms with Gasteiger partial charge >= 0.3 is 6.03 Å². The van der Waals surface area contributed by atoms with Crippen LogP contribution in [0.5, 0.6) is 0 Å². The van der Waals surface area contributed by atoms with Crippen molar-refractivity contribution in [1.82, 2.24) is 20.3 Å². The van der Waals surface area contributed by atoms with Gasteiger partial charge in [-0.25, -0.2) is 27.3 Å². The summed E-state index contributed by atoms with van der Waals surface area (Å²) in [5.41, 5.74) is 0.469. The molecule has 8 nitrogen and oxygen atoms in total. The number of halogens is 1. The molecule has 1 aromatic heterocycles. The van der Waals surface area contributed by atoms with Crippen LogP contribution in [-0.4, -0.2) is 37.4 Å². The van der Waals surface area contributed by atoms with Crippen molar-refractivity contribution in [2.75, 3.05) is 6.54 Å². The molecule has 1 spiro atoms. The van der Waals surface area contributed by atoms with Gasteiger partial charge in [0.05, 0.1) is 0 Å². The first-order valence-corrected chi connectivity index (χ1v) is 10.6. The summed E-state index contributed by atoms with van der Waals surface area (Å²) in [6.07, 6.45) is 2.89. The SMILES string of the molecule is O=C1NC(=O)C2(CCC(CNS(=O)(=O)c3ccc(-c4ccc(F)cc4)cn3)C2)N1.